The molecule has 4 N–H and O–H groups in total. The molecule has 0 aliphatic carbocycles. The zero-order valence-electron chi connectivity index (χ0n) is 7.53. The fourth-order valence-corrected chi connectivity index (χ4v) is 1.58. The van der Waals surface area contributed by atoms with Crippen LogP contribution in [0.1, 0.15) is 20.3 Å². The van der Waals surface area contributed by atoms with Crippen LogP contribution in [0.25, 0.3) is 0 Å². The lowest BCUT2D eigenvalue weighted by Gasteiger charge is -2.42. The van der Waals surface area contributed by atoms with Gasteiger partial charge in [-0.15, -0.1) is 0 Å². The Balaban J connectivity index is 2.65. The molecule has 0 aromatic heterocycles. The van der Waals surface area contributed by atoms with Crippen molar-refractivity contribution < 1.29 is 14.9 Å². The van der Waals surface area contributed by atoms with E-state index in [1.165, 1.54) is 0 Å². The number of nitrogens with two attached hydrogens (primary N) is 1. The molecule has 0 amide bonds. The molecule has 1 rings (SSSR count). The van der Waals surface area contributed by atoms with Crippen molar-refractivity contribution in [1.29, 1.82) is 0 Å². The van der Waals surface area contributed by atoms with Crippen molar-refractivity contribution in [2.24, 2.45) is 11.1 Å². The van der Waals surface area contributed by atoms with Gasteiger partial charge in [0.25, 0.3) is 0 Å². The summed E-state index contributed by atoms with van der Waals surface area (Å²) >= 11 is 0. The molecule has 0 radical (unpaired) electrons. The summed E-state index contributed by atoms with van der Waals surface area (Å²) in [5.74, 6) is 0. The van der Waals surface area contributed by atoms with Crippen molar-refractivity contribution in [2.45, 2.75) is 38.7 Å². The van der Waals surface area contributed by atoms with Gasteiger partial charge in [0.1, 0.15) is 0 Å². The highest BCUT2D eigenvalue weighted by Crippen LogP contribution is 2.34. The molecular weight excluding hydrogens is 158 g/mol. The van der Waals surface area contributed by atoms with Crippen LogP contribution in [0.4, 0.5) is 0 Å². The van der Waals surface area contributed by atoms with Crippen molar-refractivity contribution in [2.75, 3.05) is 6.61 Å². The van der Waals surface area contributed by atoms with E-state index < -0.39 is 6.29 Å². The molecule has 0 aromatic rings. The predicted octanol–water partition coefficient (Wildman–Crippen LogP) is -0.561. The van der Waals surface area contributed by atoms with Gasteiger partial charge in [-0.25, -0.2) is 0 Å². The number of aliphatic hydroxyl groups excluding tert-OH is 2. The molecule has 0 aromatic carbocycles. The molecule has 0 saturated carbocycles. The molecule has 1 heterocycles. The van der Waals surface area contributed by atoms with Crippen LogP contribution >= 0.6 is 0 Å². The van der Waals surface area contributed by atoms with E-state index in [0.29, 0.717) is 6.42 Å². The number of rotatable bonds is 1. The minimum absolute atomic E-state index is 0.0726. The topological polar surface area (TPSA) is 75.7 Å². The molecule has 72 valence electrons. The van der Waals surface area contributed by atoms with E-state index in [-0.39, 0.29) is 24.2 Å². The van der Waals surface area contributed by atoms with E-state index in [1.807, 2.05) is 13.8 Å². The van der Waals surface area contributed by atoms with Crippen LogP contribution in [0.2, 0.25) is 0 Å². The lowest BCUT2D eigenvalue weighted by Crippen LogP contribution is -2.53. The molecule has 4 heteroatoms. The first kappa shape index (κ1) is 9.92. The number of hydrogen-bond acceptors (Lipinski definition) is 4. The van der Waals surface area contributed by atoms with Gasteiger partial charge in [-0.3, -0.25) is 0 Å². The number of hydrogen-bond donors (Lipinski definition) is 3. The summed E-state index contributed by atoms with van der Waals surface area (Å²) in [6.07, 6.45) is -0.582. The summed E-state index contributed by atoms with van der Waals surface area (Å²) in [7, 11) is 0. The summed E-state index contributed by atoms with van der Waals surface area (Å²) in [6.45, 7) is 3.87. The van der Waals surface area contributed by atoms with Gasteiger partial charge in [0.15, 0.2) is 6.29 Å². The van der Waals surface area contributed by atoms with E-state index in [1.54, 1.807) is 0 Å². The van der Waals surface area contributed by atoms with E-state index >= 15 is 0 Å². The lowest BCUT2D eigenvalue weighted by atomic mass is 9.78. The fourth-order valence-electron chi connectivity index (χ4n) is 1.58. The highest BCUT2D eigenvalue weighted by Gasteiger charge is 2.40. The summed E-state index contributed by atoms with van der Waals surface area (Å²) in [6, 6.07) is -0.345. The van der Waals surface area contributed by atoms with Gasteiger partial charge in [0, 0.05) is 0 Å². The van der Waals surface area contributed by atoms with Crippen LogP contribution < -0.4 is 5.73 Å². The van der Waals surface area contributed by atoms with Crippen LogP contribution in [0.5, 0.6) is 0 Å². The second-order valence-corrected chi connectivity index (χ2v) is 4.05. The summed E-state index contributed by atoms with van der Waals surface area (Å²) in [4.78, 5) is 0. The third-order valence-corrected chi connectivity index (χ3v) is 2.47. The van der Waals surface area contributed by atoms with Crippen molar-refractivity contribution in [1.82, 2.24) is 0 Å². The Hall–Kier alpha value is -0.160. The minimum Gasteiger partial charge on any atom is -0.394 e. The molecule has 1 saturated heterocycles. The maximum absolute atomic E-state index is 9.25. The Labute approximate surface area is 72.3 Å². The normalized spacial score (nSPS) is 41.2. The van der Waals surface area contributed by atoms with E-state index in [9.17, 15) is 5.11 Å². The molecule has 0 spiro atoms. The monoisotopic (exact) mass is 175 g/mol. The molecule has 12 heavy (non-hydrogen) atoms. The van der Waals surface area contributed by atoms with Crippen molar-refractivity contribution in [3.63, 3.8) is 0 Å². The van der Waals surface area contributed by atoms with Crippen LogP contribution in [0, 0.1) is 5.41 Å². The Morgan fingerprint density at radius 3 is 2.67 bits per heavy atom. The maximum Gasteiger partial charge on any atom is 0.170 e. The number of ether oxygens (including phenoxy) is 1. The van der Waals surface area contributed by atoms with Gasteiger partial charge < -0.3 is 20.7 Å². The second kappa shape index (κ2) is 3.30. The molecule has 3 atom stereocenters. The van der Waals surface area contributed by atoms with Gasteiger partial charge in [0.05, 0.1) is 18.8 Å². The Morgan fingerprint density at radius 1 is 1.58 bits per heavy atom. The quantitative estimate of drug-likeness (QED) is 0.499. The molecule has 1 aliphatic rings. The molecule has 0 bridgehead atoms. The van der Waals surface area contributed by atoms with E-state index in [4.69, 9.17) is 15.6 Å². The molecule has 1 aliphatic heterocycles. The first-order chi connectivity index (χ1) is 5.47. The highest BCUT2D eigenvalue weighted by molar-refractivity contribution is 4.88. The second-order valence-electron chi connectivity index (χ2n) is 4.05. The zero-order chi connectivity index (χ0) is 9.35. The smallest absolute Gasteiger partial charge is 0.170 e. The number of aliphatic hydroxyl groups is 2. The molecule has 4 nitrogen and oxygen atoms in total. The summed E-state index contributed by atoms with van der Waals surface area (Å²) < 4.78 is 5.14. The summed E-state index contributed by atoms with van der Waals surface area (Å²) in [5.41, 5.74) is 5.45. The third-order valence-electron chi connectivity index (χ3n) is 2.47. The van der Waals surface area contributed by atoms with Crippen LogP contribution in [0.3, 0.4) is 0 Å². The van der Waals surface area contributed by atoms with Crippen LogP contribution in [0.15, 0.2) is 0 Å². The van der Waals surface area contributed by atoms with Crippen molar-refractivity contribution >= 4 is 0 Å². The van der Waals surface area contributed by atoms with Gasteiger partial charge in [-0.1, -0.05) is 13.8 Å². The molecule has 3 unspecified atom stereocenters. The average Bonchev–Trinajstić information content (AvgIpc) is 1.96. The third kappa shape index (κ3) is 1.77. The van der Waals surface area contributed by atoms with Gasteiger partial charge in [-0.05, 0) is 11.8 Å². The van der Waals surface area contributed by atoms with Crippen molar-refractivity contribution in [3.05, 3.63) is 0 Å². The van der Waals surface area contributed by atoms with Crippen LogP contribution in [-0.4, -0.2) is 35.3 Å². The predicted molar refractivity (Wildman–Crippen MR) is 44.3 cm³/mol. The average molecular weight is 175 g/mol. The van der Waals surface area contributed by atoms with Gasteiger partial charge in [-0.2, -0.15) is 0 Å². The SMILES string of the molecule is CC1(C)CC(N)C(O)OC1CO. The fraction of sp³-hybridized carbons (Fsp3) is 1.00. The van der Waals surface area contributed by atoms with Gasteiger partial charge >= 0.3 is 0 Å². The van der Waals surface area contributed by atoms with E-state index in [2.05, 4.69) is 0 Å². The highest BCUT2D eigenvalue weighted by atomic mass is 16.6. The maximum atomic E-state index is 9.25. The molecule has 1 fully saturated rings. The zero-order valence-corrected chi connectivity index (χ0v) is 7.53. The Kier molecular flexibility index (Phi) is 2.73. The summed E-state index contributed by atoms with van der Waals surface area (Å²) in [5, 5.41) is 18.2. The minimum atomic E-state index is -0.935. The van der Waals surface area contributed by atoms with Crippen molar-refractivity contribution in [3.8, 4) is 0 Å². The largest absolute Gasteiger partial charge is 0.394 e. The lowest BCUT2D eigenvalue weighted by molar-refractivity contribution is -0.221. The van der Waals surface area contributed by atoms with Crippen LogP contribution in [-0.2, 0) is 4.74 Å². The first-order valence-corrected chi connectivity index (χ1v) is 4.17. The Morgan fingerprint density at radius 2 is 2.17 bits per heavy atom. The van der Waals surface area contributed by atoms with Gasteiger partial charge in [0.2, 0.25) is 0 Å². The standard InChI is InChI=1S/C8H17NO3/c1-8(2)3-5(9)7(11)12-6(8)4-10/h5-7,10-11H,3-4,9H2,1-2H3. The van der Waals surface area contributed by atoms with E-state index in [0.717, 1.165) is 0 Å². The Bertz CT molecular complexity index is 160. The first-order valence-electron chi connectivity index (χ1n) is 4.17. The molecular formula is C8H17NO3.